The summed E-state index contributed by atoms with van der Waals surface area (Å²) in [7, 11) is 3.37. The van der Waals surface area contributed by atoms with Gasteiger partial charge in [0.15, 0.2) is 6.61 Å². The highest BCUT2D eigenvalue weighted by Crippen LogP contribution is 2.25. The molecule has 5 nitrogen and oxygen atoms in total. The first-order valence-electron chi connectivity index (χ1n) is 6.77. The van der Waals surface area contributed by atoms with Gasteiger partial charge in [-0.05, 0) is 44.0 Å². The van der Waals surface area contributed by atoms with E-state index >= 15 is 0 Å². The van der Waals surface area contributed by atoms with E-state index in [0.29, 0.717) is 18.7 Å². The number of ether oxygens (including phenoxy) is 2. The van der Waals surface area contributed by atoms with Crippen LogP contribution in [0.15, 0.2) is 18.2 Å². The molecule has 0 aromatic heterocycles. The van der Waals surface area contributed by atoms with Crippen molar-refractivity contribution >= 4 is 5.91 Å². The van der Waals surface area contributed by atoms with E-state index in [4.69, 9.17) is 15.2 Å². The average Bonchev–Trinajstić information content (AvgIpc) is 2.43. The summed E-state index contributed by atoms with van der Waals surface area (Å²) in [6, 6.07) is 5.54. The molecule has 112 valence electrons. The predicted molar refractivity (Wildman–Crippen MR) is 79.2 cm³/mol. The second-order valence-electron chi connectivity index (χ2n) is 4.85. The predicted octanol–water partition coefficient (Wildman–Crippen LogP) is 1.44. The van der Waals surface area contributed by atoms with Gasteiger partial charge in [0.1, 0.15) is 11.5 Å². The average molecular weight is 280 g/mol. The van der Waals surface area contributed by atoms with Crippen molar-refractivity contribution in [2.75, 3.05) is 27.3 Å². The summed E-state index contributed by atoms with van der Waals surface area (Å²) in [5.74, 6) is 1.39. The molecule has 1 unspecified atom stereocenters. The minimum absolute atomic E-state index is 0.0125. The fourth-order valence-corrected chi connectivity index (χ4v) is 1.76. The summed E-state index contributed by atoms with van der Waals surface area (Å²) in [6.07, 6.45) is 0.671. The van der Waals surface area contributed by atoms with E-state index < -0.39 is 0 Å². The Balaban J connectivity index is 2.80. The number of hydrogen-bond acceptors (Lipinski definition) is 4. The van der Waals surface area contributed by atoms with E-state index in [9.17, 15) is 4.79 Å². The molecular formula is C15H24N2O3. The molecular weight excluding hydrogens is 256 g/mol. The lowest BCUT2D eigenvalue weighted by Crippen LogP contribution is -2.31. The number of nitrogens with two attached hydrogens (primary N) is 1. The highest BCUT2D eigenvalue weighted by Gasteiger charge is 2.12. The molecule has 0 bridgehead atoms. The second-order valence-corrected chi connectivity index (χ2v) is 4.85. The van der Waals surface area contributed by atoms with Crippen molar-refractivity contribution in [2.45, 2.75) is 26.3 Å². The van der Waals surface area contributed by atoms with Gasteiger partial charge in [-0.15, -0.1) is 0 Å². The largest absolute Gasteiger partial charge is 0.497 e. The fraction of sp³-hybridized carbons (Fsp3) is 0.533. The van der Waals surface area contributed by atoms with Gasteiger partial charge in [0, 0.05) is 19.6 Å². The molecule has 1 atom stereocenters. The number of carbonyl (C=O) groups excluding carboxylic acids is 1. The van der Waals surface area contributed by atoms with Crippen LogP contribution in [-0.2, 0) is 11.2 Å². The molecule has 1 amide bonds. The van der Waals surface area contributed by atoms with Gasteiger partial charge >= 0.3 is 0 Å². The van der Waals surface area contributed by atoms with Gasteiger partial charge < -0.3 is 20.1 Å². The van der Waals surface area contributed by atoms with Gasteiger partial charge in [-0.2, -0.15) is 0 Å². The van der Waals surface area contributed by atoms with Crippen molar-refractivity contribution in [1.82, 2.24) is 4.90 Å². The van der Waals surface area contributed by atoms with Crippen LogP contribution in [0.5, 0.6) is 11.5 Å². The number of nitrogens with zero attached hydrogens (tertiary/aromatic N) is 1. The van der Waals surface area contributed by atoms with Crippen molar-refractivity contribution in [3.05, 3.63) is 23.8 Å². The molecule has 0 saturated heterocycles. The molecule has 0 aliphatic heterocycles. The third-order valence-electron chi connectivity index (χ3n) is 3.06. The molecule has 2 N–H and O–H groups in total. The zero-order chi connectivity index (χ0) is 15.1. The summed E-state index contributed by atoms with van der Waals surface area (Å²) < 4.78 is 10.8. The topological polar surface area (TPSA) is 64.8 Å². The Morgan fingerprint density at radius 3 is 2.70 bits per heavy atom. The van der Waals surface area contributed by atoms with Crippen molar-refractivity contribution < 1.29 is 14.3 Å². The Morgan fingerprint density at radius 2 is 2.15 bits per heavy atom. The lowest BCUT2D eigenvalue weighted by molar-refractivity contribution is -0.131. The summed E-state index contributed by atoms with van der Waals surface area (Å²) in [5, 5.41) is 0. The van der Waals surface area contributed by atoms with Gasteiger partial charge in [-0.25, -0.2) is 0 Å². The number of carbonyl (C=O) groups is 1. The van der Waals surface area contributed by atoms with E-state index in [0.717, 1.165) is 11.3 Å². The highest BCUT2D eigenvalue weighted by atomic mass is 16.5. The Kier molecular flexibility index (Phi) is 6.31. The summed E-state index contributed by atoms with van der Waals surface area (Å²) in [5.41, 5.74) is 6.79. The van der Waals surface area contributed by atoms with Gasteiger partial charge in [0.2, 0.25) is 0 Å². The Bertz CT molecular complexity index is 447. The molecule has 5 heteroatoms. The van der Waals surface area contributed by atoms with Crippen molar-refractivity contribution in [3.63, 3.8) is 0 Å². The van der Waals surface area contributed by atoms with Crippen molar-refractivity contribution in [2.24, 2.45) is 5.73 Å². The highest BCUT2D eigenvalue weighted by molar-refractivity contribution is 5.77. The monoisotopic (exact) mass is 280 g/mol. The van der Waals surface area contributed by atoms with Crippen LogP contribution in [-0.4, -0.2) is 44.2 Å². The number of likely N-dealkylation sites (N-methyl/N-ethyl adjacent to an activating group) is 1. The Morgan fingerprint density at radius 1 is 1.45 bits per heavy atom. The van der Waals surface area contributed by atoms with E-state index in [-0.39, 0.29) is 18.6 Å². The molecule has 0 saturated carbocycles. The van der Waals surface area contributed by atoms with Gasteiger partial charge in [-0.3, -0.25) is 4.79 Å². The third kappa shape index (κ3) is 4.74. The van der Waals surface area contributed by atoms with Crippen LogP contribution in [0, 0.1) is 0 Å². The van der Waals surface area contributed by atoms with E-state index in [2.05, 4.69) is 0 Å². The minimum Gasteiger partial charge on any atom is -0.497 e. The summed E-state index contributed by atoms with van der Waals surface area (Å²) >= 11 is 0. The summed E-state index contributed by atoms with van der Waals surface area (Å²) in [4.78, 5) is 13.4. The quantitative estimate of drug-likeness (QED) is 0.821. The molecule has 0 spiro atoms. The number of hydrogen-bond donors (Lipinski definition) is 1. The lowest BCUT2D eigenvalue weighted by atomic mass is 10.1. The molecule has 1 aromatic carbocycles. The first-order valence-corrected chi connectivity index (χ1v) is 6.77. The fourth-order valence-electron chi connectivity index (χ4n) is 1.76. The molecule has 0 heterocycles. The first-order chi connectivity index (χ1) is 9.47. The van der Waals surface area contributed by atoms with E-state index in [1.807, 2.05) is 32.0 Å². The molecule has 0 aliphatic rings. The molecule has 0 aliphatic carbocycles. The van der Waals surface area contributed by atoms with Crippen LogP contribution < -0.4 is 15.2 Å². The van der Waals surface area contributed by atoms with Gasteiger partial charge in [0.25, 0.3) is 5.91 Å². The van der Waals surface area contributed by atoms with Crippen molar-refractivity contribution in [3.8, 4) is 11.5 Å². The second kappa shape index (κ2) is 7.75. The summed E-state index contributed by atoms with van der Waals surface area (Å²) in [6.45, 7) is 4.55. The van der Waals surface area contributed by atoms with Crippen LogP contribution >= 0.6 is 0 Å². The minimum atomic E-state index is -0.0462. The van der Waals surface area contributed by atoms with E-state index in [1.165, 1.54) is 0 Å². The van der Waals surface area contributed by atoms with Gasteiger partial charge in [-0.1, -0.05) is 0 Å². The maximum atomic E-state index is 11.8. The lowest BCUT2D eigenvalue weighted by Gasteiger charge is -2.17. The smallest absolute Gasteiger partial charge is 0.260 e. The van der Waals surface area contributed by atoms with Crippen molar-refractivity contribution in [1.29, 1.82) is 0 Å². The van der Waals surface area contributed by atoms with Crippen LogP contribution in [0.4, 0.5) is 0 Å². The number of methoxy groups -OCH3 is 1. The van der Waals surface area contributed by atoms with E-state index in [1.54, 1.807) is 19.1 Å². The molecule has 0 radical (unpaired) electrons. The zero-order valence-electron chi connectivity index (χ0n) is 12.7. The normalized spacial score (nSPS) is 11.8. The number of benzene rings is 1. The zero-order valence-corrected chi connectivity index (χ0v) is 12.7. The number of amides is 1. The number of rotatable bonds is 7. The standard InChI is InChI=1S/C15H24N2O3/c1-5-17(3)15(18)10-20-14-7-6-13(19-4)9-12(14)8-11(2)16/h6-7,9,11H,5,8,10,16H2,1-4H3. The maximum absolute atomic E-state index is 11.8. The van der Waals surface area contributed by atoms with Gasteiger partial charge in [0.05, 0.1) is 7.11 Å². The first kappa shape index (κ1) is 16.3. The molecule has 20 heavy (non-hydrogen) atoms. The SMILES string of the molecule is CCN(C)C(=O)COc1ccc(OC)cc1CC(C)N. The van der Waals surface area contributed by atoms with Crippen LogP contribution in [0.3, 0.4) is 0 Å². The van der Waals surface area contributed by atoms with Crippen LogP contribution in [0.1, 0.15) is 19.4 Å². The third-order valence-corrected chi connectivity index (χ3v) is 3.06. The maximum Gasteiger partial charge on any atom is 0.260 e. The molecule has 1 rings (SSSR count). The van der Waals surface area contributed by atoms with Crippen LogP contribution in [0.2, 0.25) is 0 Å². The van der Waals surface area contributed by atoms with Crippen LogP contribution in [0.25, 0.3) is 0 Å². The molecule has 1 aromatic rings. The Labute approximate surface area is 120 Å². The Hall–Kier alpha value is -1.75. The molecule has 0 fully saturated rings.